The maximum absolute atomic E-state index is 12.6. The number of rotatable bonds is 6. The highest BCUT2D eigenvalue weighted by Crippen LogP contribution is 2.22. The number of hydrogen-bond acceptors (Lipinski definition) is 4. The Bertz CT molecular complexity index is 1110. The molecule has 146 valence electrons. The number of thiazole rings is 1. The Hall–Kier alpha value is -3.25. The van der Waals surface area contributed by atoms with Gasteiger partial charge in [-0.2, -0.15) is 5.10 Å². The fourth-order valence-electron chi connectivity index (χ4n) is 3.22. The fraction of sp³-hybridized carbons (Fsp3) is 0.174. The fourth-order valence-corrected chi connectivity index (χ4v) is 3.84. The van der Waals surface area contributed by atoms with Gasteiger partial charge < -0.3 is 5.32 Å². The van der Waals surface area contributed by atoms with E-state index in [1.165, 1.54) is 5.56 Å². The predicted octanol–water partition coefficient (Wildman–Crippen LogP) is 4.59. The molecule has 0 atom stereocenters. The highest BCUT2D eigenvalue weighted by Gasteiger charge is 2.14. The van der Waals surface area contributed by atoms with Crippen molar-refractivity contribution >= 4 is 17.2 Å². The number of para-hydroxylation sites is 1. The number of carbonyl (C=O) groups excluding carboxylic acids is 1. The minimum Gasteiger partial charge on any atom is -0.352 e. The van der Waals surface area contributed by atoms with Crippen LogP contribution < -0.4 is 5.32 Å². The molecule has 0 fully saturated rings. The quantitative estimate of drug-likeness (QED) is 0.513. The van der Waals surface area contributed by atoms with Crippen LogP contribution in [0.15, 0.2) is 66.2 Å². The summed E-state index contributed by atoms with van der Waals surface area (Å²) in [4.78, 5) is 17.1. The minimum absolute atomic E-state index is 0.0979. The summed E-state index contributed by atoms with van der Waals surface area (Å²) in [6.45, 7) is 4.49. The van der Waals surface area contributed by atoms with Crippen molar-refractivity contribution in [1.82, 2.24) is 20.1 Å². The second kappa shape index (κ2) is 8.41. The monoisotopic (exact) mass is 402 g/mol. The van der Waals surface area contributed by atoms with Crippen molar-refractivity contribution in [2.45, 2.75) is 20.3 Å². The zero-order valence-corrected chi connectivity index (χ0v) is 17.2. The number of hydrogen-bond donors (Lipinski definition) is 1. The lowest BCUT2D eigenvalue weighted by molar-refractivity contribution is 0.0953. The maximum atomic E-state index is 12.6. The van der Waals surface area contributed by atoms with Crippen LogP contribution in [0.2, 0.25) is 0 Å². The number of nitrogens with zero attached hydrogens (tertiary/aromatic N) is 3. The Labute approximate surface area is 174 Å². The Morgan fingerprint density at radius 1 is 1.07 bits per heavy atom. The highest BCUT2D eigenvalue weighted by atomic mass is 32.1. The topological polar surface area (TPSA) is 59.8 Å². The normalized spacial score (nSPS) is 10.8. The zero-order chi connectivity index (χ0) is 20.2. The molecule has 0 spiro atoms. The van der Waals surface area contributed by atoms with Crippen LogP contribution in [0.4, 0.5) is 0 Å². The summed E-state index contributed by atoms with van der Waals surface area (Å²) in [5.74, 6) is -0.0979. The Balaban J connectivity index is 1.35. The molecule has 0 saturated heterocycles. The van der Waals surface area contributed by atoms with Crippen LogP contribution in [-0.4, -0.2) is 27.2 Å². The Morgan fingerprint density at radius 3 is 2.52 bits per heavy atom. The molecule has 1 N–H and O–H groups in total. The van der Waals surface area contributed by atoms with Crippen LogP contribution in [0.25, 0.3) is 16.9 Å². The summed E-state index contributed by atoms with van der Waals surface area (Å²) in [7, 11) is 0. The summed E-state index contributed by atoms with van der Waals surface area (Å²) in [6.07, 6.45) is 2.40. The van der Waals surface area contributed by atoms with Gasteiger partial charge in [0.1, 0.15) is 0 Å². The molecule has 2 heterocycles. The Morgan fingerprint density at radius 2 is 1.83 bits per heavy atom. The summed E-state index contributed by atoms with van der Waals surface area (Å²) in [5.41, 5.74) is 5.68. The Kier molecular flexibility index (Phi) is 5.53. The molecular formula is C23H22N4OS. The smallest absolute Gasteiger partial charge is 0.254 e. The third kappa shape index (κ3) is 4.27. The predicted molar refractivity (Wildman–Crippen MR) is 117 cm³/mol. The van der Waals surface area contributed by atoms with Gasteiger partial charge in [0, 0.05) is 17.5 Å². The number of aryl methyl sites for hydroxylation is 1. The number of aromatic nitrogens is 3. The second-order valence-corrected chi connectivity index (χ2v) is 7.91. The number of amides is 1. The van der Waals surface area contributed by atoms with Gasteiger partial charge in [-0.25, -0.2) is 9.67 Å². The SMILES string of the molecule is Cc1nc(-c2ccc(CCNC(=O)c3cnn(-c4ccccc4)c3C)cc2)cs1. The lowest BCUT2D eigenvalue weighted by atomic mass is 10.1. The van der Waals surface area contributed by atoms with Crippen molar-refractivity contribution in [1.29, 1.82) is 0 Å². The van der Waals surface area contributed by atoms with Gasteiger partial charge in [0.2, 0.25) is 0 Å². The van der Waals surface area contributed by atoms with Crippen molar-refractivity contribution in [2.75, 3.05) is 6.54 Å². The van der Waals surface area contributed by atoms with Crippen molar-refractivity contribution in [3.05, 3.63) is 88.0 Å². The van der Waals surface area contributed by atoms with Crippen LogP contribution in [-0.2, 0) is 6.42 Å². The van der Waals surface area contributed by atoms with Gasteiger partial charge in [-0.3, -0.25) is 4.79 Å². The molecule has 29 heavy (non-hydrogen) atoms. The van der Waals surface area contributed by atoms with Crippen LogP contribution in [0.3, 0.4) is 0 Å². The van der Waals surface area contributed by atoms with Gasteiger partial charge in [0.05, 0.1) is 33.8 Å². The molecule has 0 bridgehead atoms. The third-order valence-electron chi connectivity index (χ3n) is 4.82. The first-order valence-electron chi connectivity index (χ1n) is 9.51. The summed E-state index contributed by atoms with van der Waals surface area (Å²) < 4.78 is 1.79. The third-order valence-corrected chi connectivity index (χ3v) is 5.60. The van der Waals surface area contributed by atoms with Crippen molar-refractivity contribution in [3.8, 4) is 16.9 Å². The number of nitrogens with one attached hydrogen (secondary N) is 1. The van der Waals surface area contributed by atoms with Crippen molar-refractivity contribution in [2.24, 2.45) is 0 Å². The van der Waals surface area contributed by atoms with Crippen molar-refractivity contribution in [3.63, 3.8) is 0 Å². The van der Waals surface area contributed by atoms with Crippen LogP contribution in [0, 0.1) is 13.8 Å². The van der Waals surface area contributed by atoms with E-state index < -0.39 is 0 Å². The first kappa shape index (κ1) is 19.1. The molecule has 2 aromatic carbocycles. The van der Waals surface area contributed by atoms with E-state index in [9.17, 15) is 4.79 Å². The molecule has 4 rings (SSSR count). The number of benzene rings is 2. The van der Waals surface area contributed by atoms with E-state index in [2.05, 4.69) is 45.0 Å². The van der Waals surface area contributed by atoms with E-state index in [0.29, 0.717) is 12.1 Å². The molecule has 1 amide bonds. The largest absolute Gasteiger partial charge is 0.352 e. The van der Waals surface area contributed by atoms with E-state index in [-0.39, 0.29) is 5.91 Å². The number of carbonyl (C=O) groups is 1. The highest BCUT2D eigenvalue weighted by molar-refractivity contribution is 7.09. The van der Waals surface area contributed by atoms with Gasteiger partial charge >= 0.3 is 0 Å². The standard InChI is InChI=1S/C23H22N4OS/c1-16-21(14-25-27(16)20-6-4-3-5-7-20)23(28)24-13-12-18-8-10-19(11-9-18)22-15-29-17(2)26-22/h3-11,14-15H,12-13H2,1-2H3,(H,24,28). The van der Waals surface area contributed by atoms with Crippen LogP contribution in [0.5, 0.6) is 0 Å². The lowest BCUT2D eigenvalue weighted by Gasteiger charge is -2.07. The molecule has 0 aliphatic heterocycles. The average molecular weight is 403 g/mol. The zero-order valence-electron chi connectivity index (χ0n) is 16.4. The minimum atomic E-state index is -0.0979. The van der Waals surface area contributed by atoms with Gasteiger partial charge in [0.25, 0.3) is 5.91 Å². The molecule has 0 aliphatic rings. The second-order valence-electron chi connectivity index (χ2n) is 6.85. The maximum Gasteiger partial charge on any atom is 0.254 e. The average Bonchev–Trinajstić information content (AvgIpc) is 3.35. The van der Waals surface area contributed by atoms with Gasteiger partial charge in [-0.15, -0.1) is 11.3 Å². The van der Waals surface area contributed by atoms with E-state index in [4.69, 9.17) is 0 Å². The molecule has 0 radical (unpaired) electrons. The summed E-state index contributed by atoms with van der Waals surface area (Å²) in [5, 5.41) is 10.5. The molecular weight excluding hydrogens is 380 g/mol. The van der Waals surface area contributed by atoms with E-state index in [1.54, 1.807) is 22.2 Å². The molecule has 4 aromatic rings. The lowest BCUT2D eigenvalue weighted by Crippen LogP contribution is -2.26. The van der Waals surface area contributed by atoms with E-state index in [1.807, 2.05) is 44.2 Å². The van der Waals surface area contributed by atoms with Crippen LogP contribution >= 0.6 is 11.3 Å². The van der Waals surface area contributed by atoms with Gasteiger partial charge in [-0.1, -0.05) is 42.5 Å². The first-order chi connectivity index (χ1) is 14.1. The van der Waals surface area contributed by atoms with Crippen LogP contribution in [0.1, 0.15) is 26.6 Å². The first-order valence-corrected chi connectivity index (χ1v) is 10.4. The molecule has 5 nitrogen and oxygen atoms in total. The summed E-state index contributed by atoms with van der Waals surface area (Å²) in [6, 6.07) is 18.2. The molecule has 0 unspecified atom stereocenters. The summed E-state index contributed by atoms with van der Waals surface area (Å²) >= 11 is 1.65. The van der Waals surface area contributed by atoms with Crippen molar-refractivity contribution < 1.29 is 4.79 Å². The molecule has 0 aliphatic carbocycles. The molecule has 2 aromatic heterocycles. The van der Waals surface area contributed by atoms with E-state index >= 15 is 0 Å². The van der Waals surface area contributed by atoms with Gasteiger partial charge in [-0.05, 0) is 38.0 Å². The van der Waals surface area contributed by atoms with Gasteiger partial charge in [0.15, 0.2) is 0 Å². The molecule has 0 saturated carbocycles. The molecule has 6 heteroatoms. The van der Waals surface area contributed by atoms with E-state index in [0.717, 1.165) is 34.1 Å².